The molecule has 2 aromatic rings. The molecule has 3 rings (SSSR count). The molecule has 1 aliphatic carbocycles. The number of hydrogen-bond donors (Lipinski definition) is 2. The van der Waals surface area contributed by atoms with E-state index < -0.39 is 5.82 Å². The SMILES string of the molecule is Cc1cc(C(=O)NCCC2=CCCCC2)nc(Nc2ccccc2F)n1. The quantitative estimate of drug-likeness (QED) is 0.760. The maximum atomic E-state index is 13.8. The molecule has 0 spiro atoms. The number of anilines is 2. The molecule has 0 saturated carbocycles. The van der Waals surface area contributed by atoms with E-state index in [0.29, 0.717) is 12.2 Å². The van der Waals surface area contributed by atoms with E-state index >= 15 is 0 Å². The van der Waals surface area contributed by atoms with E-state index in [1.807, 2.05) is 0 Å². The number of halogens is 1. The number of nitrogens with zero attached hydrogens (tertiary/aromatic N) is 2. The Kier molecular flexibility index (Phi) is 5.94. The van der Waals surface area contributed by atoms with Crippen molar-refractivity contribution >= 4 is 17.5 Å². The summed E-state index contributed by atoms with van der Waals surface area (Å²) < 4.78 is 13.8. The van der Waals surface area contributed by atoms with Crippen LogP contribution in [0.1, 0.15) is 48.3 Å². The lowest BCUT2D eigenvalue weighted by Gasteiger charge is -2.13. The average molecular weight is 354 g/mol. The smallest absolute Gasteiger partial charge is 0.270 e. The van der Waals surface area contributed by atoms with Crippen LogP contribution in [0, 0.1) is 12.7 Å². The van der Waals surface area contributed by atoms with Gasteiger partial charge in [-0.15, -0.1) is 0 Å². The van der Waals surface area contributed by atoms with E-state index in [9.17, 15) is 9.18 Å². The van der Waals surface area contributed by atoms with Gasteiger partial charge >= 0.3 is 0 Å². The number of nitrogens with one attached hydrogen (secondary N) is 2. The van der Waals surface area contributed by atoms with Crippen molar-refractivity contribution in [3.8, 4) is 0 Å². The van der Waals surface area contributed by atoms with Gasteiger partial charge in [-0.05, 0) is 57.2 Å². The number of carbonyl (C=O) groups is 1. The molecule has 26 heavy (non-hydrogen) atoms. The van der Waals surface area contributed by atoms with Gasteiger partial charge in [0.2, 0.25) is 5.95 Å². The lowest BCUT2D eigenvalue weighted by atomic mass is 9.97. The zero-order chi connectivity index (χ0) is 18.4. The van der Waals surface area contributed by atoms with Crippen LogP contribution >= 0.6 is 0 Å². The topological polar surface area (TPSA) is 66.9 Å². The number of carbonyl (C=O) groups excluding carboxylic acids is 1. The van der Waals surface area contributed by atoms with Crippen molar-refractivity contribution < 1.29 is 9.18 Å². The van der Waals surface area contributed by atoms with Gasteiger partial charge in [0.15, 0.2) is 0 Å². The standard InChI is InChI=1S/C20H23FN4O/c1-14-13-18(19(26)22-12-11-15-7-3-2-4-8-15)25-20(23-14)24-17-10-6-5-9-16(17)21/h5-7,9-10,13H,2-4,8,11-12H2,1H3,(H,22,26)(H,23,24,25). The van der Waals surface area contributed by atoms with Crippen molar-refractivity contribution in [2.24, 2.45) is 0 Å². The van der Waals surface area contributed by atoms with Crippen LogP contribution in [0.2, 0.25) is 0 Å². The summed E-state index contributed by atoms with van der Waals surface area (Å²) in [6.45, 7) is 2.36. The van der Waals surface area contributed by atoms with E-state index in [2.05, 4.69) is 26.7 Å². The summed E-state index contributed by atoms with van der Waals surface area (Å²) in [5.41, 5.74) is 2.60. The number of para-hydroxylation sites is 1. The van der Waals surface area contributed by atoms with Crippen LogP contribution in [0.4, 0.5) is 16.0 Å². The molecule has 1 aliphatic rings. The molecule has 5 nitrogen and oxygen atoms in total. The molecule has 0 bridgehead atoms. The zero-order valence-corrected chi connectivity index (χ0v) is 14.9. The summed E-state index contributed by atoms with van der Waals surface area (Å²) in [6.07, 6.45) is 7.90. The number of benzene rings is 1. The normalized spacial score (nSPS) is 13.8. The third-order valence-corrected chi connectivity index (χ3v) is 4.32. The summed E-state index contributed by atoms with van der Waals surface area (Å²) >= 11 is 0. The second-order valence-electron chi connectivity index (χ2n) is 6.44. The van der Waals surface area contributed by atoms with E-state index in [4.69, 9.17) is 0 Å². The van der Waals surface area contributed by atoms with E-state index in [1.165, 1.54) is 24.5 Å². The lowest BCUT2D eigenvalue weighted by molar-refractivity contribution is 0.0949. The fourth-order valence-corrected chi connectivity index (χ4v) is 2.98. The molecule has 2 N–H and O–H groups in total. The van der Waals surface area contributed by atoms with Gasteiger partial charge in [-0.25, -0.2) is 14.4 Å². The molecule has 1 aromatic heterocycles. The van der Waals surface area contributed by atoms with Crippen LogP contribution in [0.15, 0.2) is 42.0 Å². The zero-order valence-electron chi connectivity index (χ0n) is 14.9. The Morgan fingerprint density at radius 3 is 2.85 bits per heavy atom. The van der Waals surface area contributed by atoms with Gasteiger partial charge in [0.25, 0.3) is 5.91 Å². The summed E-state index contributed by atoms with van der Waals surface area (Å²) in [6, 6.07) is 7.90. The number of amides is 1. The van der Waals surface area contributed by atoms with Crippen molar-refractivity contribution in [2.45, 2.75) is 39.0 Å². The Labute approximate surface area is 152 Å². The minimum atomic E-state index is -0.399. The highest BCUT2D eigenvalue weighted by Crippen LogP contribution is 2.20. The minimum absolute atomic E-state index is 0.204. The van der Waals surface area contributed by atoms with Gasteiger partial charge in [0, 0.05) is 12.2 Å². The molecule has 0 aliphatic heterocycles. The summed E-state index contributed by atoms with van der Waals surface area (Å²) in [7, 11) is 0. The van der Waals surface area contributed by atoms with Crippen molar-refractivity contribution in [1.29, 1.82) is 0 Å². The molecule has 136 valence electrons. The monoisotopic (exact) mass is 354 g/mol. The first-order valence-corrected chi connectivity index (χ1v) is 8.95. The number of aryl methyl sites for hydroxylation is 1. The van der Waals surface area contributed by atoms with Crippen molar-refractivity contribution in [3.05, 3.63) is 59.2 Å². The van der Waals surface area contributed by atoms with Gasteiger partial charge in [-0.1, -0.05) is 23.8 Å². The Bertz CT molecular complexity index is 819. The molecule has 0 fully saturated rings. The van der Waals surface area contributed by atoms with Crippen molar-refractivity contribution in [2.75, 3.05) is 11.9 Å². The Hall–Kier alpha value is -2.76. The fourth-order valence-electron chi connectivity index (χ4n) is 2.98. The van der Waals surface area contributed by atoms with Gasteiger partial charge < -0.3 is 10.6 Å². The van der Waals surface area contributed by atoms with Gasteiger partial charge in [-0.3, -0.25) is 4.79 Å². The van der Waals surface area contributed by atoms with E-state index in [1.54, 1.807) is 31.2 Å². The Morgan fingerprint density at radius 2 is 2.08 bits per heavy atom. The van der Waals surface area contributed by atoms with Gasteiger partial charge in [0.1, 0.15) is 11.5 Å². The number of aromatic nitrogens is 2. The lowest BCUT2D eigenvalue weighted by Crippen LogP contribution is -2.26. The highest BCUT2D eigenvalue weighted by Gasteiger charge is 2.12. The predicted octanol–water partition coefficient (Wildman–Crippen LogP) is 4.29. The number of hydrogen-bond acceptors (Lipinski definition) is 4. The van der Waals surface area contributed by atoms with Crippen molar-refractivity contribution in [3.63, 3.8) is 0 Å². The molecule has 0 atom stereocenters. The maximum Gasteiger partial charge on any atom is 0.270 e. The molecule has 0 unspecified atom stereocenters. The molecule has 0 saturated heterocycles. The first-order valence-electron chi connectivity index (χ1n) is 8.95. The number of allylic oxidation sites excluding steroid dienone is 1. The van der Waals surface area contributed by atoms with Crippen LogP contribution in [0.3, 0.4) is 0 Å². The molecular weight excluding hydrogens is 331 g/mol. The summed E-state index contributed by atoms with van der Waals surface area (Å²) in [5.74, 6) is -0.442. The second kappa shape index (κ2) is 8.56. The third kappa shape index (κ3) is 4.88. The average Bonchev–Trinajstić information content (AvgIpc) is 2.64. The van der Waals surface area contributed by atoms with Gasteiger partial charge in [0.05, 0.1) is 5.69 Å². The minimum Gasteiger partial charge on any atom is -0.350 e. The van der Waals surface area contributed by atoms with Crippen LogP contribution < -0.4 is 10.6 Å². The molecule has 1 aromatic carbocycles. The van der Waals surface area contributed by atoms with Crippen LogP contribution in [-0.2, 0) is 0 Å². The molecule has 0 radical (unpaired) electrons. The van der Waals surface area contributed by atoms with E-state index in [-0.39, 0.29) is 23.2 Å². The summed E-state index contributed by atoms with van der Waals surface area (Å²) in [4.78, 5) is 20.8. The molecule has 1 amide bonds. The fraction of sp³-hybridized carbons (Fsp3) is 0.350. The van der Waals surface area contributed by atoms with E-state index in [0.717, 1.165) is 19.3 Å². The number of rotatable bonds is 6. The first-order chi connectivity index (χ1) is 12.6. The van der Waals surface area contributed by atoms with Crippen LogP contribution in [0.5, 0.6) is 0 Å². The predicted molar refractivity (Wildman–Crippen MR) is 100.0 cm³/mol. The highest BCUT2D eigenvalue weighted by atomic mass is 19.1. The first kappa shape index (κ1) is 18.0. The van der Waals surface area contributed by atoms with Crippen molar-refractivity contribution in [1.82, 2.24) is 15.3 Å². The van der Waals surface area contributed by atoms with Crippen LogP contribution in [0.25, 0.3) is 0 Å². The second-order valence-corrected chi connectivity index (χ2v) is 6.44. The molecular formula is C20H23FN4O. The summed E-state index contributed by atoms with van der Waals surface area (Å²) in [5, 5.41) is 5.73. The largest absolute Gasteiger partial charge is 0.350 e. The Morgan fingerprint density at radius 1 is 1.23 bits per heavy atom. The third-order valence-electron chi connectivity index (χ3n) is 4.32. The Balaban J connectivity index is 1.63. The highest BCUT2D eigenvalue weighted by molar-refractivity contribution is 5.92. The maximum absolute atomic E-state index is 13.8. The molecule has 1 heterocycles. The van der Waals surface area contributed by atoms with Gasteiger partial charge in [-0.2, -0.15) is 0 Å². The van der Waals surface area contributed by atoms with Crippen LogP contribution in [-0.4, -0.2) is 22.4 Å². The molecule has 6 heteroatoms.